The second kappa shape index (κ2) is 7.79. The predicted octanol–water partition coefficient (Wildman–Crippen LogP) is 4.40. The standard InChI is InChI=1S/C24H21BrFNO4/c25-15-6-9-19-18(11-15)22(29)20-21(14-2-1-3-17(28)10-14)27(24(30)23(20)31-19)12-13-4-7-16(26)8-5-13/h1-5,7-8,10,15,18-19,21,28H,6,9,11-12H2. The number of rotatable bonds is 3. The molecule has 160 valence electrons. The smallest absolute Gasteiger partial charge is 0.290 e. The van der Waals surface area contributed by atoms with Gasteiger partial charge in [-0.25, -0.2) is 4.39 Å². The Bertz CT molecular complexity index is 1080. The molecule has 0 spiro atoms. The van der Waals surface area contributed by atoms with Crippen molar-refractivity contribution < 1.29 is 23.8 Å². The Morgan fingerprint density at radius 3 is 2.65 bits per heavy atom. The molecule has 2 heterocycles. The van der Waals surface area contributed by atoms with Crippen molar-refractivity contribution in [2.75, 3.05) is 0 Å². The molecule has 5 rings (SSSR count). The molecule has 2 aliphatic heterocycles. The van der Waals surface area contributed by atoms with Gasteiger partial charge in [0.05, 0.1) is 17.5 Å². The maximum Gasteiger partial charge on any atom is 0.290 e. The minimum atomic E-state index is -0.663. The molecule has 4 unspecified atom stereocenters. The van der Waals surface area contributed by atoms with Crippen LogP contribution in [0.4, 0.5) is 4.39 Å². The van der Waals surface area contributed by atoms with Crippen LogP contribution in [0.1, 0.15) is 36.4 Å². The fourth-order valence-corrected chi connectivity index (χ4v) is 5.52. The summed E-state index contributed by atoms with van der Waals surface area (Å²) in [6, 6.07) is 11.9. The van der Waals surface area contributed by atoms with E-state index in [2.05, 4.69) is 15.9 Å². The Morgan fingerprint density at radius 1 is 1.13 bits per heavy atom. The van der Waals surface area contributed by atoms with Crippen molar-refractivity contribution in [1.29, 1.82) is 0 Å². The van der Waals surface area contributed by atoms with Crippen LogP contribution in [0.25, 0.3) is 0 Å². The molecule has 1 fully saturated rings. The number of carbonyl (C=O) groups is 2. The third kappa shape index (κ3) is 3.55. The third-order valence-corrected chi connectivity index (χ3v) is 7.16. The highest BCUT2D eigenvalue weighted by Gasteiger charge is 2.52. The topological polar surface area (TPSA) is 66.8 Å². The molecule has 2 aromatic carbocycles. The molecule has 1 N–H and O–H groups in total. The van der Waals surface area contributed by atoms with E-state index in [0.29, 0.717) is 24.0 Å². The molecule has 0 saturated heterocycles. The van der Waals surface area contributed by atoms with Gasteiger partial charge in [0.2, 0.25) is 0 Å². The molecule has 7 heteroatoms. The van der Waals surface area contributed by atoms with E-state index in [1.54, 1.807) is 41.3 Å². The SMILES string of the molecule is O=C1C2=C(OC3CCC(Br)CC13)C(=O)N(Cc1ccc(F)cc1)C2c1cccc(O)c1. The zero-order valence-corrected chi connectivity index (χ0v) is 18.2. The molecule has 4 atom stereocenters. The summed E-state index contributed by atoms with van der Waals surface area (Å²) in [5, 5.41) is 10.0. The van der Waals surface area contributed by atoms with Crippen LogP contribution in [0.15, 0.2) is 59.9 Å². The minimum absolute atomic E-state index is 0.0565. The van der Waals surface area contributed by atoms with Crippen molar-refractivity contribution in [2.24, 2.45) is 5.92 Å². The van der Waals surface area contributed by atoms with Gasteiger partial charge < -0.3 is 14.7 Å². The summed E-state index contributed by atoms with van der Waals surface area (Å²) in [4.78, 5) is 28.8. The minimum Gasteiger partial charge on any atom is -0.508 e. The van der Waals surface area contributed by atoms with Crippen molar-refractivity contribution in [3.63, 3.8) is 0 Å². The van der Waals surface area contributed by atoms with Crippen molar-refractivity contribution in [2.45, 2.75) is 42.8 Å². The first-order valence-electron chi connectivity index (χ1n) is 10.4. The Labute approximate surface area is 187 Å². The summed E-state index contributed by atoms with van der Waals surface area (Å²) < 4.78 is 19.5. The number of ketones is 1. The van der Waals surface area contributed by atoms with Gasteiger partial charge in [-0.1, -0.05) is 40.2 Å². The first kappa shape index (κ1) is 20.2. The van der Waals surface area contributed by atoms with Crippen LogP contribution in [-0.4, -0.2) is 32.6 Å². The van der Waals surface area contributed by atoms with Gasteiger partial charge in [-0.2, -0.15) is 0 Å². The van der Waals surface area contributed by atoms with Crippen LogP contribution in [-0.2, 0) is 20.9 Å². The van der Waals surface area contributed by atoms with E-state index in [4.69, 9.17) is 4.74 Å². The lowest BCUT2D eigenvalue weighted by Gasteiger charge is -2.37. The van der Waals surface area contributed by atoms with Crippen LogP contribution >= 0.6 is 15.9 Å². The van der Waals surface area contributed by atoms with Gasteiger partial charge in [0, 0.05) is 11.4 Å². The molecule has 31 heavy (non-hydrogen) atoms. The molecular formula is C24H21BrFNO4. The van der Waals surface area contributed by atoms with Crippen molar-refractivity contribution in [3.05, 3.63) is 76.8 Å². The molecule has 0 aromatic heterocycles. The maximum atomic E-state index is 13.6. The lowest BCUT2D eigenvalue weighted by atomic mass is 9.77. The number of halogens is 2. The van der Waals surface area contributed by atoms with E-state index in [0.717, 1.165) is 12.0 Å². The quantitative estimate of drug-likeness (QED) is 0.654. The molecular weight excluding hydrogens is 465 g/mol. The number of ether oxygens (including phenoxy) is 1. The third-order valence-electron chi connectivity index (χ3n) is 6.33. The van der Waals surface area contributed by atoms with Gasteiger partial charge in [0.15, 0.2) is 11.5 Å². The van der Waals surface area contributed by atoms with Crippen LogP contribution in [0.5, 0.6) is 5.75 Å². The lowest BCUT2D eigenvalue weighted by molar-refractivity contribution is -0.135. The number of benzene rings is 2. The second-order valence-corrected chi connectivity index (χ2v) is 9.63. The average Bonchev–Trinajstić information content (AvgIpc) is 3.02. The summed E-state index contributed by atoms with van der Waals surface area (Å²) >= 11 is 3.63. The van der Waals surface area contributed by atoms with Crippen LogP contribution in [0.2, 0.25) is 0 Å². The van der Waals surface area contributed by atoms with Crippen LogP contribution < -0.4 is 0 Å². The fraction of sp³-hybridized carbons (Fsp3) is 0.333. The number of phenolic OH excluding ortho intramolecular Hbond substituents is 1. The number of hydrogen-bond donors (Lipinski definition) is 1. The average molecular weight is 486 g/mol. The van der Waals surface area contributed by atoms with E-state index < -0.39 is 6.04 Å². The normalized spacial score (nSPS) is 27.7. The first-order valence-corrected chi connectivity index (χ1v) is 11.3. The summed E-state index contributed by atoms with van der Waals surface area (Å²) in [6.07, 6.45) is 1.98. The van der Waals surface area contributed by atoms with Gasteiger partial charge >= 0.3 is 0 Å². The van der Waals surface area contributed by atoms with Gasteiger partial charge in [-0.15, -0.1) is 0 Å². The highest BCUT2D eigenvalue weighted by atomic mass is 79.9. The number of amides is 1. The Hall–Kier alpha value is -2.67. The number of Topliss-reactive ketones (excluding diaryl/α,β-unsaturated/α-hetero) is 1. The molecule has 3 aliphatic rings. The highest BCUT2D eigenvalue weighted by molar-refractivity contribution is 9.09. The van der Waals surface area contributed by atoms with Crippen molar-refractivity contribution in [3.8, 4) is 5.75 Å². The van der Waals surface area contributed by atoms with Crippen LogP contribution in [0, 0.1) is 11.7 Å². The van der Waals surface area contributed by atoms with E-state index in [9.17, 15) is 19.1 Å². The molecule has 0 bridgehead atoms. The van der Waals surface area contributed by atoms with E-state index >= 15 is 0 Å². The number of nitrogens with zero attached hydrogens (tertiary/aromatic N) is 1. The molecule has 0 radical (unpaired) electrons. The molecule has 5 nitrogen and oxygen atoms in total. The predicted molar refractivity (Wildman–Crippen MR) is 115 cm³/mol. The summed E-state index contributed by atoms with van der Waals surface area (Å²) in [7, 11) is 0. The number of alkyl halides is 1. The number of fused-ring (bicyclic) bond motifs is 1. The monoisotopic (exact) mass is 485 g/mol. The Kier molecular flexibility index (Phi) is 5.08. The summed E-state index contributed by atoms with van der Waals surface area (Å²) in [5.74, 6) is -0.879. The Balaban J connectivity index is 1.57. The first-order chi connectivity index (χ1) is 14.9. The summed E-state index contributed by atoms with van der Waals surface area (Å²) in [5.41, 5.74) is 1.74. The fourth-order valence-electron chi connectivity index (χ4n) is 4.85. The molecule has 1 aliphatic carbocycles. The highest BCUT2D eigenvalue weighted by Crippen LogP contribution is 2.48. The van der Waals surface area contributed by atoms with Gasteiger partial charge in [-0.3, -0.25) is 9.59 Å². The summed E-state index contributed by atoms with van der Waals surface area (Å²) in [6.45, 7) is 0.194. The zero-order valence-electron chi connectivity index (χ0n) is 16.6. The molecule has 1 amide bonds. The van der Waals surface area contributed by atoms with Gasteiger partial charge in [0.25, 0.3) is 5.91 Å². The number of aromatic hydroxyl groups is 1. The van der Waals surface area contributed by atoms with E-state index in [-0.39, 0.29) is 52.4 Å². The zero-order chi connectivity index (χ0) is 21.7. The largest absolute Gasteiger partial charge is 0.508 e. The molecule has 2 aromatic rings. The second-order valence-electron chi connectivity index (χ2n) is 8.34. The lowest BCUT2D eigenvalue weighted by Crippen LogP contribution is -2.41. The number of hydrogen-bond acceptors (Lipinski definition) is 4. The number of phenols is 1. The Morgan fingerprint density at radius 2 is 1.90 bits per heavy atom. The van der Waals surface area contributed by atoms with Gasteiger partial charge in [-0.05, 0) is 54.7 Å². The van der Waals surface area contributed by atoms with Crippen molar-refractivity contribution >= 4 is 27.6 Å². The molecule has 1 saturated carbocycles. The van der Waals surface area contributed by atoms with Crippen LogP contribution in [0.3, 0.4) is 0 Å². The van der Waals surface area contributed by atoms with E-state index in [1.807, 2.05) is 0 Å². The number of carbonyl (C=O) groups excluding carboxylic acids is 2. The van der Waals surface area contributed by atoms with Crippen molar-refractivity contribution in [1.82, 2.24) is 4.90 Å². The van der Waals surface area contributed by atoms with E-state index in [1.165, 1.54) is 12.1 Å². The van der Waals surface area contributed by atoms with Gasteiger partial charge in [0.1, 0.15) is 17.7 Å². The maximum absolute atomic E-state index is 13.6.